The van der Waals surface area contributed by atoms with Crippen LogP contribution in [0, 0.1) is 0 Å². The van der Waals surface area contributed by atoms with Crippen LogP contribution in [0.25, 0.3) is 0 Å². The van der Waals surface area contributed by atoms with Gasteiger partial charge in [-0.2, -0.15) is 0 Å². The summed E-state index contributed by atoms with van der Waals surface area (Å²) in [5.74, 6) is 0.543. The van der Waals surface area contributed by atoms with Gasteiger partial charge in [0.25, 0.3) is 0 Å². The fourth-order valence-electron chi connectivity index (χ4n) is 1.67. The van der Waals surface area contributed by atoms with Crippen LogP contribution >= 0.6 is 0 Å². The first-order valence-corrected chi connectivity index (χ1v) is 4.35. The molecule has 1 aromatic rings. The molecule has 2 rings (SSSR count). The third-order valence-corrected chi connectivity index (χ3v) is 2.34. The van der Waals surface area contributed by atoms with E-state index in [9.17, 15) is 0 Å². The van der Waals surface area contributed by atoms with Gasteiger partial charge in [-0.25, -0.2) is 0 Å². The zero-order chi connectivity index (χ0) is 8.39. The van der Waals surface area contributed by atoms with Gasteiger partial charge in [-0.05, 0) is 12.0 Å². The third-order valence-electron chi connectivity index (χ3n) is 2.34. The fourth-order valence-corrected chi connectivity index (χ4v) is 1.67. The van der Waals surface area contributed by atoms with Crippen LogP contribution in [0.5, 0.6) is 0 Å². The smallest absolute Gasteiger partial charge is 0.0232 e. The fraction of sp³-hybridized carbons (Fsp3) is 0.273. The third kappa shape index (κ3) is 1.41. The molecule has 1 aromatic carbocycles. The average molecular weight is 159 g/mol. The summed E-state index contributed by atoms with van der Waals surface area (Å²) in [6.45, 7) is 0. The van der Waals surface area contributed by atoms with Gasteiger partial charge in [0.05, 0.1) is 0 Å². The van der Waals surface area contributed by atoms with Crippen molar-refractivity contribution in [2.75, 3.05) is 0 Å². The van der Waals surface area contributed by atoms with Gasteiger partial charge in [0, 0.05) is 12.0 Å². The Labute approximate surface area is 72.9 Å². The van der Waals surface area contributed by atoms with Crippen LogP contribution in [0.15, 0.2) is 42.5 Å². The van der Waals surface area contributed by atoms with Crippen molar-refractivity contribution >= 4 is 0 Å². The maximum atomic E-state index is 5.78. The van der Waals surface area contributed by atoms with Crippen molar-refractivity contribution in [2.24, 2.45) is 5.73 Å². The van der Waals surface area contributed by atoms with Crippen molar-refractivity contribution in [3.63, 3.8) is 0 Å². The predicted molar refractivity (Wildman–Crippen MR) is 50.9 cm³/mol. The Bertz CT molecular complexity index is 276. The van der Waals surface area contributed by atoms with E-state index in [1.54, 1.807) is 0 Å². The Balaban J connectivity index is 2.18. The van der Waals surface area contributed by atoms with Crippen LogP contribution in [-0.2, 0) is 0 Å². The molecule has 0 aromatic heterocycles. The lowest BCUT2D eigenvalue weighted by atomic mass is 9.98. The van der Waals surface area contributed by atoms with E-state index < -0.39 is 0 Å². The minimum absolute atomic E-state index is 0.259. The van der Waals surface area contributed by atoms with Crippen molar-refractivity contribution < 1.29 is 0 Å². The summed E-state index contributed by atoms with van der Waals surface area (Å²) in [6, 6.07) is 10.8. The molecule has 0 fully saturated rings. The van der Waals surface area contributed by atoms with Crippen LogP contribution in [0.3, 0.4) is 0 Å². The Morgan fingerprint density at radius 1 is 1.08 bits per heavy atom. The molecular formula is C11H13N. The quantitative estimate of drug-likeness (QED) is 0.623. The van der Waals surface area contributed by atoms with Crippen molar-refractivity contribution in [3.8, 4) is 0 Å². The normalized spacial score (nSPS) is 27.8. The van der Waals surface area contributed by atoms with E-state index in [1.807, 2.05) is 6.07 Å². The van der Waals surface area contributed by atoms with Crippen LogP contribution in [0.1, 0.15) is 17.9 Å². The van der Waals surface area contributed by atoms with Crippen LogP contribution in [0.2, 0.25) is 0 Å². The van der Waals surface area contributed by atoms with Crippen LogP contribution < -0.4 is 5.73 Å². The number of hydrogen-bond acceptors (Lipinski definition) is 1. The van der Waals surface area contributed by atoms with Crippen molar-refractivity contribution in [2.45, 2.75) is 18.4 Å². The molecule has 0 saturated heterocycles. The maximum absolute atomic E-state index is 5.78. The summed E-state index contributed by atoms with van der Waals surface area (Å²) in [5.41, 5.74) is 7.15. The lowest BCUT2D eigenvalue weighted by molar-refractivity contribution is 0.710. The standard InChI is InChI=1S/C11H13N/c12-11-7-6-10(8-11)9-4-2-1-3-5-9/h1-7,10-11H,8,12H2/t10-,11+/m0/s1. The lowest BCUT2D eigenvalue weighted by Crippen LogP contribution is -2.14. The highest BCUT2D eigenvalue weighted by Crippen LogP contribution is 2.27. The van der Waals surface area contributed by atoms with Gasteiger partial charge >= 0.3 is 0 Å². The summed E-state index contributed by atoms with van der Waals surface area (Å²) >= 11 is 0. The lowest BCUT2D eigenvalue weighted by Gasteiger charge is -2.08. The van der Waals surface area contributed by atoms with Gasteiger partial charge in [-0.3, -0.25) is 0 Å². The second-order valence-corrected chi connectivity index (χ2v) is 3.30. The largest absolute Gasteiger partial charge is 0.324 e. The molecule has 1 heteroatoms. The number of rotatable bonds is 1. The van der Waals surface area contributed by atoms with E-state index in [4.69, 9.17) is 5.73 Å². The highest BCUT2D eigenvalue weighted by Gasteiger charge is 2.16. The maximum Gasteiger partial charge on any atom is 0.0232 e. The van der Waals surface area contributed by atoms with E-state index in [0.29, 0.717) is 5.92 Å². The average Bonchev–Trinajstić information content (AvgIpc) is 2.54. The second-order valence-electron chi connectivity index (χ2n) is 3.30. The summed E-state index contributed by atoms with van der Waals surface area (Å²) in [5, 5.41) is 0. The van der Waals surface area contributed by atoms with E-state index in [-0.39, 0.29) is 6.04 Å². The van der Waals surface area contributed by atoms with Crippen molar-refractivity contribution in [1.82, 2.24) is 0 Å². The zero-order valence-corrected chi connectivity index (χ0v) is 6.98. The summed E-state index contributed by atoms with van der Waals surface area (Å²) in [7, 11) is 0. The minimum Gasteiger partial charge on any atom is -0.324 e. The monoisotopic (exact) mass is 159 g/mol. The highest BCUT2D eigenvalue weighted by atomic mass is 14.6. The first kappa shape index (κ1) is 7.56. The van der Waals surface area contributed by atoms with Crippen LogP contribution in [-0.4, -0.2) is 6.04 Å². The molecule has 0 aliphatic heterocycles. The molecule has 2 N–H and O–H groups in total. The van der Waals surface area contributed by atoms with Crippen LogP contribution in [0.4, 0.5) is 0 Å². The molecule has 1 nitrogen and oxygen atoms in total. The highest BCUT2D eigenvalue weighted by molar-refractivity contribution is 5.27. The summed E-state index contributed by atoms with van der Waals surface area (Å²) in [4.78, 5) is 0. The molecule has 62 valence electrons. The second kappa shape index (κ2) is 3.11. The molecule has 0 spiro atoms. The zero-order valence-electron chi connectivity index (χ0n) is 6.98. The first-order chi connectivity index (χ1) is 5.86. The molecule has 12 heavy (non-hydrogen) atoms. The first-order valence-electron chi connectivity index (χ1n) is 4.35. The van der Waals surface area contributed by atoms with E-state index >= 15 is 0 Å². The van der Waals surface area contributed by atoms with Gasteiger partial charge in [0.15, 0.2) is 0 Å². The Morgan fingerprint density at radius 2 is 1.83 bits per heavy atom. The van der Waals surface area contributed by atoms with Gasteiger partial charge in [0.2, 0.25) is 0 Å². The molecule has 0 bridgehead atoms. The van der Waals surface area contributed by atoms with Gasteiger partial charge in [-0.1, -0.05) is 42.5 Å². The number of benzene rings is 1. The Hall–Kier alpha value is -1.08. The van der Waals surface area contributed by atoms with E-state index in [1.165, 1.54) is 5.56 Å². The Kier molecular flexibility index (Phi) is 1.96. The van der Waals surface area contributed by atoms with Crippen molar-refractivity contribution in [1.29, 1.82) is 0 Å². The SMILES string of the molecule is N[C@@H]1C=C[C@H](c2ccccc2)C1. The van der Waals surface area contributed by atoms with Gasteiger partial charge < -0.3 is 5.73 Å². The molecule has 1 aliphatic rings. The molecule has 0 heterocycles. The summed E-state index contributed by atoms with van der Waals surface area (Å²) < 4.78 is 0. The Morgan fingerprint density at radius 3 is 2.42 bits per heavy atom. The minimum atomic E-state index is 0.259. The molecule has 1 aliphatic carbocycles. The summed E-state index contributed by atoms with van der Waals surface area (Å²) in [6.07, 6.45) is 5.36. The molecule has 2 atom stereocenters. The molecular weight excluding hydrogens is 146 g/mol. The van der Waals surface area contributed by atoms with Gasteiger partial charge in [-0.15, -0.1) is 0 Å². The molecule has 0 amide bonds. The van der Waals surface area contributed by atoms with E-state index in [0.717, 1.165) is 6.42 Å². The van der Waals surface area contributed by atoms with Crippen molar-refractivity contribution in [3.05, 3.63) is 48.0 Å². The van der Waals surface area contributed by atoms with E-state index in [2.05, 4.69) is 36.4 Å². The molecule has 0 unspecified atom stereocenters. The molecule has 0 radical (unpaired) electrons. The topological polar surface area (TPSA) is 26.0 Å². The number of hydrogen-bond donors (Lipinski definition) is 1. The number of nitrogens with two attached hydrogens (primary N) is 1. The van der Waals surface area contributed by atoms with Gasteiger partial charge in [0.1, 0.15) is 0 Å². The number of allylic oxidation sites excluding steroid dienone is 1. The molecule has 0 saturated carbocycles. The predicted octanol–water partition coefficient (Wildman–Crippen LogP) is 2.06.